The molecule has 3 rings (SSSR count). The highest BCUT2D eigenvalue weighted by molar-refractivity contribution is 5.75. The molecule has 0 aliphatic heterocycles. The van der Waals surface area contributed by atoms with E-state index in [2.05, 4.69) is 4.98 Å². The third kappa shape index (κ3) is 4.45. The van der Waals surface area contributed by atoms with Crippen molar-refractivity contribution in [1.29, 1.82) is 0 Å². The van der Waals surface area contributed by atoms with Crippen LogP contribution in [-0.2, 0) is 31.9 Å². The number of aliphatic hydroxyl groups is 1. The van der Waals surface area contributed by atoms with Gasteiger partial charge in [-0.05, 0) is 31.0 Å². The van der Waals surface area contributed by atoms with Crippen LogP contribution in [-0.4, -0.2) is 42.3 Å². The number of carbonyl (C=O) groups is 1. The number of benzene rings is 1. The Hall–Kier alpha value is -3.20. The van der Waals surface area contributed by atoms with Gasteiger partial charge in [-0.25, -0.2) is 9.78 Å². The number of aliphatic hydroxyl groups excluding tert-OH is 1. The number of rotatable bonds is 8. The molecule has 1 aromatic carbocycles. The van der Waals surface area contributed by atoms with Crippen molar-refractivity contribution in [2.24, 2.45) is 14.1 Å². The zero-order chi connectivity index (χ0) is 21.1. The maximum Gasteiger partial charge on any atom is 0.332 e. The van der Waals surface area contributed by atoms with E-state index in [-0.39, 0.29) is 30.1 Å². The summed E-state index contributed by atoms with van der Waals surface area (Å²) >= 11 is 0. The second-order valence-corrected chi connectivity index (χ2v) is 7.09. The van der Waals surface area contributed by atoms with Gasteiger partial charge in [-0.15, -0.1) is 0 Å². The molecule has 0 amide bonds. The fourth-order valence-electron chi connectivity index (χ4n) is 3.08. The number of imidazole rings is 1. The van der Waals surface area contributed by atoms with Crippen molar-refractivity contribution in [1.82, 2.24) is 18.7 Å². The summed E-state index contributed by atoms with van der Waals surface area (Å²) < 4.78 is 9.45. The van der Waals surface area contributed by atoms with Crippen molar-refractivity contribution >= 4 is 16.9 Å². The van der Waals surface area contributed by atoms with Gasteiger partial charge in [0.25, 0.3) is 5.56 Å². The predicted molar refractivity (Wildman–Crippen MR) is 107 cm³/mol. The molecule has 2 aromatic heterocycles. The van der Waals surface area contributed by atoms with Crippen LogP contribution in [0.4, 0.5) is 0 Å². The maximum atomic E-state index is 12.4. The van der Waals surface area contributed by atoms with Gasteiger partial charge in [0.15, 0.2) is 11.2 Å². The summed E-state index contributed by atoms with van der Waals surface area (Å²) in [5.74, 6) is 0.750. The Balaban J connectivity index is 1.66. The molecule has 29 heavy (non-hydrogen) atoms. The number of nitrogens with zero attached hydrogens (tertiary/aromatic N) is 4. The molecule has 1 N–H and O–H groups in total. The zero-order valence-electron chi connectivity index (χ0n) is 16.7. The first-order valence-corrected chi connectivity index (χ1v) is 9.28. The lowest BCUT2D eigenvalue weighted by atomic mass is 10.1. The first-order valence-electron chi connectivity index (χ1n) is 9.28. The summed E-state index contributed by atoms with van der Waals surface area (Å²) in [6.07, 6.45) is 1.73. The average molecular weight is 400 g/mol. The highest BCUT2D eigenvalue weighted by Crippen LogP contribution is 2.14. The number of aryl methyl sites for hydroxylation is 2. The molecule has 0 saturated heterocycles. The molecule has 2 heterocycles. The Kier molecular flexibility index (Phi) is 5.97. The van der Waals surface area contributed by atoms with Crippen molar-refractivity contribution in [2.75, 3.05) is 6.61 Å². The third-order valence-electron chi connectivity index (χ3n) is 4.76. The van der Waals surface area contributed by atoms with Crippen LogP contribution >= 0.6 is 0 Å². The smallest absolute Gasteiger partial charge is 0.332 e. The molecule has 0 fully saturated rings. The zero-order valence-corrected chi connectivity index (χ0v) is 16.7. The summed E-state index contributed by atoms with van der Waals surface area (Å²) in [4.78, 5) is 39.6. The first kappa shape index (κ1) is 20.5. The Bertz CT molecular complexity index is 1140. The number of aromatic nitrogens is 4. The predicted octanol–water partition coefficient (Wildman–Crippen LogP) is 0.395. The van der Waals surface area contributed by atoms with Crippen LogP contribution in [0.5, 0.6) is 5.75 Å². The van der Waals surface area contributed by atoms with E-state index in [9.17, 15) is 19.5 Å². The number of hydrogen-bond donors (Lipinski definition) is 1. The van der Waals surface area contributed by atoms with E-state index >= 15 is 0 Å². The van der Waals surface area contributed by atoms with Crippen molar-refractivity contribution in [3.8, 4) is 5.75 Å². The lowest BCUT2D eigenvalue weighted by Crippen LogP contribution is -2.38. The van der Waals surface area contributed by atoms with Gasteiger partial charge >= 0.3 is 5.69 Å². The van der Waals surface area contributed by atoms with Gasteiger partial charge in [0.2, 0.25) is 0 Å². The molecular formula is C20H24N4O5. The Labute approximate surface area is 166 Å². The Morgan fingerprint density at radius 2 is 1.86 bits per heavy atom. The van der Waals surface area contributed by atoms with E-state index in [1.807, 2.05) is 12.1 Å². The Morgan fingerprint density at radius 3 is 2.52 bits per heavy atom. The van der Waals surface area contributed by atoms with Crippen molar-refractivity contribution in [3.05, 3.63) is 57.0 Å². The van der Waals surface area contributed by atoms with E-state index in [1.54, 1.807) is 26.1 Å². The fraction of sp³-hybridized carbons (Fsp3) is 0.400. The van der Waals surface area contributed by atoms with E-state index in [0.717, 1.165) is 10.1 Å². The summed E-state index contributed by atoms with van der Waals surface area (Å²) in [6.45, 7) is 1.69. The summed E-state index contributed by atoms with van der Waals surface area (Å²) in [7, 11) is 2.95. The minimum Gasteiger partial charge on any atom is -0.491 e. The minimum absolute atomic E-state index is 0.0263. The topological polar surface area (TPSA) is 108 Å². The highest BCUT2D eigenvalue weighted by Gasteiger charge is 2.16. The molecule has 0 radical (unpaired) electrons. The van der Waals surface area contributed by atoms with Crippen LogP contribution in [0, 0.1) is 0 Å². The van der Waals surface area contributed by atoms with Gasteiger partial charge in [-0.1, -0.05) is 12.1 Å². The van der Waals surface area contributed by atoms with Gasteiger partial charge in [0.05, 0.1) is 12.9 Å². The molecule has 1 atom stereocenters. The van der Waals surface area contributed by atoms with Gasteiger partial charge < -0.3 is 19.2 Å². The normalized spacial score (nSPS) is 12.3. The van der Waals surface area contributed by atoms with Crippen molar-refractivity contribution < 1.29 is 14.6 Å². The monoisotopic (exact) mass is 400 g/mol. The third-order valence-corrected chi connectivity index (χ3v) is 4.76. The lowest BCUT2D eigenvalue weighted by Gasteiger charge is -2.14. The van der Waals surface area contributed by atoms with Gasteiger partial charge in [0, 0.05) is 20.5 Å². The highest BCUT2D eigenvalue weighted by atomic mass is 16.5. The quantitative estimate of drug-likeness (QED) is 0.586. The molecule has 9 nitrogen and oxygen atoms in total. The number of carbonyl (C=O) groups excluding carboxylic acids is 1. The number of Topliss-reactive ketones (excluding diaryl/α,β-unsaturated/α-hetero) is 1. The molecule has 9 heteroatoms. The molecule has 0 aliphatic carbocycles. The van der Waals surface area contributed by atoms with Crippen LogP contribution < -0.4 is 16.0 Å². The summed E-state index contributed by atoms with van der Waals surface area (Å²) in [6, 6.07) is 7.36. The van der Waals surface area contributed by atoms with Crippen LogP contribution in [0.15, 0.2) is 40.2 Å². The van der Waals surface area contributed by atoms with E-state index in [1.165, 1.54) is 22.5 Å². The van der Waals surface area contributed by atoms with E-state index in [4.69, 9.17) is 4.74 Å². The molecule has 0 aliphatic rings. The molecule has 3 aromatic rings. The van der Waals surface area contributed by atoms with Crippen LogP contribution in [0.3, 0.4) is 0 Å². The second-order valence-electron chi connectivity index (χ2n) is 7.09. The number of hydrogen-bond acceptors (Lipinski definition) is 6. The van der Waals surface area contributed by atoms with Gasteiger partial charge in [-0.2, -0.15) is 0 Å². The molecular weight excluding hydrogens is 376 g/mol. The second kappa shape index (κ2) is 8.44. The van der Waals surface area contributed by atoms with Gasteiger partial charge in [0.1, 0.15) is 24.2 Å². The Morgan fingerprint density at radius 1 is 1.17 bits per heavy atom. The number of ether oxygens (including phenoxy) is 1. The summed E-state index contributed by atoms with van der Waals surface area (Å²) in [5.41, 5.74) is 0.647. The number of ketones is 1. The average Bonchev–Trinajstić information content (AvgIpc) is 3.12. The molecule has 0 spiro atoms. The first-order chi connectivity index (χ1) is 13.8. The van der Waals surface area contributed by atoms with Crippen LogP contribution in [0.25, 0.3) is 11.2 Å². The van der Waals surface area contributed by atoms with Crippen LogP contribution in [0.2, 0.25) is 0 Å². The van der Waals surface area contributed by atoms with Crippen LogP contribution in [0.1, 0.15) is 18.9 Å². The molecule has 0 bridgehead atoms. The minimum atomic E-state index is -0.883. The van der Waals surface area contributed by atoms with E-state index < -0.39 is 17.4 Å². The molecule has 0 saturated carbocycles. The van der Waals surface area contributed by atoms with E-state index in [0.29, 0.717) is 18.6 Å². The lowest BCUT2D eigenvalue weighted by molar-refractivity contribution is -0.116. The van der Waals surface area contributed by atoms with Crippen molar-refractivity contribution in [2.45, 2.75) is 32.4 Å². The molecule has 154 valence electrons. The van der Waals surface area contributed by atoms with Gasteiger partial charge in [-0.3, -0.25) is 13.9 Å². The maximum absolute atomic E-state index is 12.4. The largest absolute Gasteiger partial charge is 0.491 e. The standard InChI is InChI=1S/C20H24N4O5/c1-13(25)4-5-14-6-8-16(9-7-14)29-11-15(26)10-24-12-21-18-17(24)19(27)23(3)20(28)22(18)2/h6-9,12,15,26H,4-5,10-11H2,1-3H3/t15-/m0/s1. The molecule has 0 unspecified atom stereocenters. The van der Waals surface area contributed by atoms with Crippen molar-refractivity contribution in [3.63, 3.8) is 0 Å². The SMILES string of the molecule is CC(=O)CCc1ccc(OC[C@@H](O)Cn2cnc3c2c(=O)n(C)c(=O)n3C)cc1. The number of fused-ring (bicyclic) bond motifs is 1. The fourth-order valence-corrected chi connectivity index (χ4v) is 3.08. The summed E-state index contributed by atoms with van der Waals surface area (Å²) in [5, 5.41) is 10.3.